The Labute approximate surface area is 165 Å². The van der Waals surface area contributed by atoms with Crippen molar-refractivity contribution < 1.29 is 13.9 Å². The molecule has 9 heteroatoms. The van der Waals surface area contributed by atoms with Crippen molar-refractivity contribution in [1.29, 1.82) is 0 Å². The van der Waals surface area contributed by atoms with Crippen LogP contribution < -0.4 is 15.5 Å². The van der Waals surface area contributed by atoms with Crippen molar-refractivity contribution in [3.63, 3.8) is 0 Å². The number of carbonyl (C=O) groups is 1. The van der Waals surface area contributed by atoms with Crippen LogP contribution in [0.1, 0.15) is 5.56 Å². The summed E-state index contributed by atoms with van der Waals surface area (Å²) in [5, 5.41) is 8.43. The molecule has 144 valence electrons. The van der Waals surface area contributed by atoms with E-state index in [1.165, 1.54) is 28.6 Å². The van der Waals surface area contributed by atoms with Gasteiger partial charge in [0, 0.05) is 5.56 Å². The highest BCUT2D eigenvalue weighted by Gasteiger charge is 2.24. The van der Waals surface area contributed by atoms with Gasteiger partial charge in [-0.1, -0.05) is 30.0 Å². The predicted octanol–water partition coefficient (Wildman–Crippen LogP) is 2.62. The van der Waals surface area contributed by atoms with E-state index in [0.717, 1.165) is 11.3 Å². The number of carbonyl (C=O) groups excluding carboxylic acids is 1. The van der Waals surface area contributed by atoms with Crippen LogP contribution in [0, 0.1) is 12.7 Å². The van der Waals surface area contributed by atoms with E-state index in [2.05, 4.69) is 10.2 Å². The molecule has 1 aliphatic heterocycles. The zero-order valence-electron chi connectivity index (χ0n) is 15.1. The third-order valence-electron chi connectivity index (χ3n) is 4.35. The molecule has 1 aromatic heterocycles. The number of ether oxygens (including phenoxy) is 1. The summed E-state index contributed by atoms with van der Waals surface area (Å²) in [5.74, 6) is 6.77. The Morgan fingerprint density at radius 1 is 1.29 bits per heavy atom. The summed E-state index contributed by atoms with van der Waals surface area (Å²) < 4.78 is 20.3. The number of nitrogens with two attached hydrogens (primary N) is 1. The number of benzene rings is 2. The van der Waals surface area contributed by atoms with E-state index >= 15 is 0 Å². The molecule has 3 aromatic rings. The highest BCUT2D eigenvalue weighted by Crippen LogP contribution is 2.33. The molecule has 1 amide bonds. The van der Waals surface area contributed by atoms with Crippen LogP contribution in [0.3, 0.4) is 0 Å². The molecule has 28 heavy (non-hydrogen) atoms. The first-order valence-electron chi connectivity index (χ1n) is 8.66. The molecular formula is C19H18FN5O2S. The van der Waals surface area contributed by atoms with E-state index in [0.29, 0.717) is 35.4 Å². The summed E-state index contributed by atoms with van der Waals surface area (Å²) in [4.78, 5) is 14.5. The van der Waals surface area contributed by atoms with Crippen LogP contribution >= 0.6 is 11.8 Å². The van der Waals surface area contributed by atoms with Gasteiger partial charge in [-0.15, -0.1) is 10.2 Å². The maximum atomic E-state index is 13.4. The fourth-order valence-electron chi connectivity index (χ4n) is 2.99. The number of aromatic nitrogens is 3. The lowest BCUT2D eigenvalue weighted by atomic mass is 10.1. The Balaban J connectivity index is 1.49. The molecular weight excluding hydrogens is 381 g/mol. The number of fused-ring (bicyclic) bond motifs is 1. The molecule has 2 N–H and O–H groups in total. The second kappa shape index (κ2) is 7.51. The van der Waals surface area contributed by atoms with Crippen molar-refractivity contribution in [2.24, 2.45) is 0 Å². The molecule has 0 fully saturated rings. The normalized spacial score (nSPS) is 13.1. The van der Waals surface area contributed by atoms with E-state index in [-0.39, 0.29) is 17.5 Å². The second-order valence-electron chi connectivity index (χ2n) is 6.34. The summed E-state index contributed by atoms with van der Waals surface area (Å²) in [6.07, 6.45) is 0. The minimum Gasteiger partial charge on any atom is -0.490 e. The molecule has 0 unspecified atom stereocenters. The van der Waals surface area contributed by atoms with Crippen molar-refractivity contribution >= 4 is 23.4 Å². The molecule has 1 aliphatic rings. The second-order valence-corrected chi connectivity index (χ2v) is 7.28. The lowest BCUT2D eigenvalue weighted by Crippen LogP contribution is -2.39. The monoisotopic (exact) mass is 399 g/mol. The third-order valence-corrected chi connectivity index (χ3v) is 5.28. The molecule has 0 bridgehead atoms. The minimum absolute atomic E-state index is 0.0737. The summed E-state index contributed by atoms with van der Waals surface area (Å²) in [6.45, 7) is 2.90. The number of nitrogens with zero attached hydrogens (tertiary/aromatic N) is 4. The van der Waals surface area contributed by atoms with Crippen molar-refractivity contribution in [2.75, 3.05) is 29.6 Å². The predicted molar refractivity (Wildman–Crippen MR) is 105 cm³/mol. The zero-order chi connectivity index (χ0) is 19.7. The number of amides is 1. The Hall–Kier alpha value is -3.07. The molecule has 0 spiro atoms. The van der Waals surface area contributed by atoms with Gasteiger partial charge in [0.15, 0.2) is 5.82 Å². The average molecular weight is 399 g/mol. The van der Waals surface area contributed by atoms with Gasteiger partial charge in [0.05, 0.1) is 18.0 Å². The van der Waals surface area contributed by atoms with Gasteiger partial charge in [0.2, 0.25) is 11.1 Å². The molecule has 0 atom stereocenters. The lowest BCUT2D eigenvalue weighted by molar-refractivity contribution is -0.116. The van der Waals surface area contributed by atoms with Crippen molar-refractivity contribution in [2.45, 2.75) is 12.1 Å². The van der Waals surface area contributed by atoms with E-state index in [9.17, 15) is 9.18 Å². The highest BCUT2D eigenvalue weighted by molar-refractivity contribution is 7.99. The van der Waals surface area contributed by atoms with Crippen molar-refractivity contribution in [3.05, 3.63) is 53.8 Å². The Bertz CT molecular complexity index is 1040. The summed E-state index contributed by atoms with van der Waals surface area (Å²) in [6, 6.07) is 11.7. The number of anilines is 1. The van der Waals surface area contributed by atoms with Crippen LogP contribution in [0.15, 0.2) is 47.6 Å². The van der Waals surface area contributed by atoms with E-state index in [1.54, 1.807) is 17.0 Å². The highest BCUT2D eigenvalue weighted by atomic mass is 32.2. The third kappa shape index (κ3) is 3.53. The van der Waals surface area contributed by atoms with Gasteiger partial charge in [-0.05, 0) is 36.8 Å². The number of halogens is 1. The van der Waals surface area contributed by atoms with Gasteiger partial charge in [0.25, 0.3) is 0 Å². The number of aryl methyl sites for hydroxylation is 1. The first-order valence-corrected chi connectivity index (χ1v) is 9.64. The molecule has 2 heterocycles. The Kier molecular flexibility index (Phi) is 4.91. The van der Waals surface area contributed by atoms with Crippen LogP contribution in [-0.4, -0.2) is 39.7 Å². The van der Waals surface area contributed by atoms with Gasteiger partial charge >= 0.3 is 0 Å². The first kappa shape index (κ1) is 18.3. The molecule has 2 aromatic carbocycles. The number of nitrogen functional groups attached to an aromatic ring is 1. The van der Waals surface area contributed by atoms with Crippen LogP contribution in [0.25, 0.3) is 11.4 Å². The lowest BCUT2D eigenvalue weighted by Gasteiger charge is -2.29. The summed E-state index contributed by atoms with van der Waals surface area (Å²) in [5.41, 5.74) is 2.34. The smallest absolute Gasteiger partial charge is 0.237 e. The van der Waals surface area contributed by atoms with Crippen LogP contribution in [-0.2, 0) is 4.79 Å². The summed E-state index contributed by atoms with van der Waals surface area (Å²) in [7, 11) is 0. The Morgan fingerprint density at radius 3 is 2.96 bits per heavy atom. The first-order chi connectivity index (χ1) is 13.5. The van der Waals surface area contributed by atoms with Gasteiger partial charge in [-0.2, -0.15) is 0 Å². The maximum Gasteiger partial charge on any atom is 0.237 e. The molecule has 4 rings (SSSR count). The number of thioether (sulfide) groups is 1. The Morgan fingerprint density at radius 2 is 2.14 bits per heavy atom. The maximum absolute atomic E-state index is 13.4. The van der Waals surface area contributed by atoms with E-state index < -0.39 is 0 Å². The van der Waals surface area contributed by atoms with Crippen LogP contribution in [0.2, 0.25) is 0 Å². The van der Waals surface area contributed by atoms with Crippen LogP contribution in [0.5, 0.6) is 5.75 Å². The summed E-state index contributed by atoms with van der Waals surface area (Å²) >= 11 is 1.19. The topological polar surface area (TPSA) is 86.3 Å². The van der Waals surface area contributed by atoms with Gasteiger partial charge in [-0.25, -0.2) is 9.07 Å². The number of hydrogen-bond acceptors (Lipinski definition) is 6. The standard InChI is InChI=1S/C19H18FN5O2S/c1-12-5-6-16-15(9-12)24(7-8-27-16)17(26)11-28-19-23-22-18(25(19)21)13-3-2-4-14(20)10-13/h2-6,9-10H,7-8,11,21H2,1H3. The van der Waals surface area contributed by atoms with Crippen molar-refractivity contribution in [1.82, 2.24) is 14.9 Å². The van der Waals surface area contributed by atoms with E-state index in [4.69, 9.17) is 10.6 Å². The SMILES string of the molecule is Cc1ccc2c(c1)N(C(=O)CSc1nnc(-c3cccc(F)c3)n1N)CCO2. The quantitative estimate of drug-likeness (QED) is 0.536. The van der Waals surface area contributed by atoms with Crippen LogP contribution in [0.4, 0.5) is 10.1 Å². The van der Waals surface area contributed by atoms with E-state index in [1.807, 2.05) is 25.1 Å². The fourth-order valence-corrected chi connectivity index (χ4v) is 3.72. The zero-order valence-corrected chi connectivity index (χ0v) is 15.9. The van der Waals surface area contributed by atoms with Gasteiger partial charge in [-0.3, -0.25) is 4.79 Å². The fraction of sp³-hybridized carbons (Fsp3) is 0.211. The van der Waals surface area contributed by atoms with Gasteiger partial charge < -0.3 is 15.5 Å². The number of rotatable bonds is 4. The van der Waals surface area contributed by atoms with Crippen molar-refractivity contribution in [3.8, 4) is 17.1 Å². The molecule has 0 saturated heterocycles. The molecule has 0 radical (unpaired) electrons. The molecule has 0 saturated carbocycles. The molecule has 7 nitrogen and oxygen atoms in total. The number of hydrogen-bond donors (Lipinski definition) is 1. The minimum atomic E-state index is -0.383. The van der Waals surface area contributed by atoms with Gasteiger partial charge in [0.1, 0.15) is 18.2 Å². The average Bonchev–Trinajstić information content (AvgIpc) is 3.06. The largest absolute Gasteiger partial charge is 0.490 e. The molecule has 0 aliphatic carbocycles.